The summed E-state index contributed by atoms with van der Waals surface area (Å²) in [5.41, 5.74) is 2.66. The summed E-state index contributed by atoms with van der Waals surface area (Å²) in [6.45, 7) is 3.76. The highest BCUT2D eigenvalue weighted by Crippen LogP contribution is 2.38. The smallest absolute Gasteiger partial charge is 0.190 e. The van der Waals surface area contributed by atoms with E-state index in [1.54, 1.807) is 12.1 Å². The number of rotatable bonds is 2. The molecule has 0 amide bonds. The van der Waals surface area contributed by atoms with Crippen LogP contribution in [-0.2, 0) is 0 Å². The van der Waals surface area contributed by atoms with E-state index in [0.29, 0.717) is 17.0 Å². The number of carbonyl (C=O) groups is 2. The summed E-state index contributed by atoms with van der Waals surface area (Å²) in [6.07, 6.45) is 5.25. The Morgan fingerprint density at radius 2 is 1.74 bits per heavy atom. The van der Waals surface area contributed by atoms with Crippen LogP contribution in [0.5, 0.6) is 0 Å². The van der Waals surface area contributed by atoms with Gasteiger partial charge in [-0.15, -0.1) is 6.58 Å². The van der Waals surface area contributed by atoms with Crippen LogP contribution in [0.1, 0.15) is 46.4 Å². The average Bonchev–Trinajstić information content (AvgIpc) is 2.45. The van der Waals surface area contributed by atoms with Gasteiger partial charge in [0.05, 0.1) is 0 Å². The summed E-state index contributed by atoms with van der Waals surface area (Å²) in [5, 5.41) is 0. The Balaban J connectivity index is 2.03. The Kier molecular flexibility index (Phi) is 2.94. The van der Waals surface area contributed by atoms with Crippen molar-refractivity contribution >= 4 is 11.6 Å². The van der Waals surface area contributed by atoms with E-state index < -0.39 is 0 Å². The zero-order valence-corrected chi connectivity index (χ0v) is 10.8. The SMILES string of the molecule is C=CCC1CCC2=C(C1)C(=O)c1ccccc1C2=O. The minimum Gasteiger partial charge on any atom is -0.289 e. The quantitative estimate of drug-likeness (QED) is 0.751. The fraction of sp³-hybridized carbons (Fsp3) is 0.294. The second-order valence-corrected chi connectivity index (χ2v) is 5.29. The van der Waals surface area contributed by atoms with Crippen molar-refractivity contribution in [1.82, 2.24) is 0 Å². The summed E-state index contributed by atoms with van der Waals surface area (Å²) in [5.74, 6) is 0.569. The van der Waals surface area contributed by atoms with Gasteiger partial charge in [0.25, 0.3) is 0 Å². The highest BCUT2D eigenvalue weighted by molar-refractivity contribution is 6.27. The van der Waals surface area contributed by atoms with Crippen LogP contribution in [0.3, 0.4) is 0 Å². The topological polar surface area (TPSA) is 34.1 Å². The molecule has 0 N–H and O–H groups in total. The number of Topliss-reactive ketones (excluding diaryl/α,β-unsaturated/α-hetero) is 2. The fourth-order valence-corrected chi connectivity index (χ4v) is 3.13. The van der Waals surface area contributed by atoms with Crippen molar-refractivity contribution in [2.24, 2.45) is 5.92 Å². The van der Waals surface area contributed by atoms with Crippen molar-refractivity contribution in [3.63, 3.8) is 0 Å². The van der Waals surface area contributed by atoms with Crippen LogP contribution in [0.4, 0.5) is 0 Å². The third-order valence-corrected chi connectivity index (χ3v) is 4.12. The molecule has 2 heteroatoms. The van der Waals surface area contributed by atoms with E-state index in [0.717, 1.165) is 36.8 Å². The molecule has 0 aliphatic heterocycles. The van der Waals surface area contributed by atoms with Crippen LogP contribution in [0.2, 0.25) is 0 Å². The Morgan fingerprint density at radius 1 is 1.11 bits per heavy atom. The molecule has 0 saturated heterocycles. The highest BCUT2D eigenvalue weighted by atomic mass is 16.1. The monoisotopic (exact) mass is 252 g/mol. The third kappa shape index (κ3) is 1.88. The van der Waals surface area contributed by atoms with Crippen LogP contribution in [0.25, 0.3) is 0 Å². The molecule has 2 aliphatic rings. The standard InChI is InChI=1S/C17H16O2/c1-2-5-11-8-9-14-15(10-11)17(19)13-7-4-3-6-12(13)16(14)18/h2-4,6-7,11H,1,5,8-10H2. The van der Waals surface area contributed by atoms with E-state index in [2.05, 4.69) is 6.58 Å². The van der Waals surface area contributed by atoms with Crippen LogP contribution < -0.4 is 0 Å². The van der Waals surface area contributed by atoms with Gasteiger partial charge >= 0.3 is 0 Å². The lowest BCUT2D eigenvalue weighted by Gasteiger charge is -2.29. The first-order valence-electron chi connectivity index (χ1n) is 6.73. The number of carbonyl (C=O) groups excluding carboxylic acids is 2. The van der Waals surface area contributed by atoms with Gasteiger partial charge in [0.15, 0.2) is 11.6 Å². The summed E-state index contributed by atoms with van der Waals surface area (Å²) in [4.78, 5) is 24.9. The zero-order chi connectivity index (χ0) is 13.4. The van der Waals surface area contributed by atoms with Gasteiger partial charge in [0, 0.05) is 22.3 Å². The van der Waals surface area contributed by atoms with E-state index in [1.165, 1.54) is 0 Å². The number of hydrogen-bond acceptors (Lipinski definition) is 2. The van der Waals surface area contributed by atoms with Gasteiger partial charge in [-0.1, -0.05) is 30.3 Å². The lowest BCUT2D eigenvalue weighted by atomic mass is 9.73. The number of ketones is 2. The largest absolute Gasteiger partial charge is 0.289 e. The summed E-state index contributed by atoms with van der Waals surface area (Å²) in [7, 11) is 0. The Morgan fingerprint density at radius 3 is 2.37 bits per heavy atom. The first kappa shape index (κ1) is 12.1. The molecule has 0 radical (unpaired) electrons. The van der Waals surface area contributed by atoms with Gasteiger partial charge < -0.3 is 0 Å². The Bertz CT molecular complexity index is 607. The number of allylic oxidation sites excluding steroid dienone is 3. The molecule has 0 spiro atoms. The van der Waals surface area contributed by atoms with Gasteiger partial charge in [-0.05, 0) is 31.6 Å². The predicted molar refractivity (Wildman–Crippen MR) is 74.3 cm³/mol. The number of benzene rings is 1. The fourth-order valence-electron chi connectivity index (χ4n) is 3.13. The lowest BCUT2D eigenvalue weighted by Crippen LogP contribution is -2.26. The van der Waals surface area contributed by atoms with Crippen molar-refractivity contribution in [3.05, 3.63) is 59.2 Å². The molecule has 0 aromatic heterocycles. The van der Waals surface area contributed by atoms with Crippen LogP contribution in [0.15, 0.2) is 48.1 Å². The number of hydrogen-bond donors (Lipinski definition) is 0. The Labute approximate surface area is 112 Å². The molecule has 2 nitrogen and oxygen atoms in total. The molecule has 2 aliphatic carbocycles. The molecule has 1 aromatic rings. The molecule has 0 saturated carbocycles. The van der Waals surface area contributed by atoms with E-state index in [9.17, 15) is 9.59 Å². The lowest BCUT2D eigenvalue weighted by molar-refractivity contribution is 0.0959. The molecule has 96 valence electrons. The second kappa shape index (κ2) is 4.61. The molecule has 0 bridgehead atoms. The maximum atomic E-state index is 12.5. The van der Waals surface area contributed by atoms with Gasteiger partial charge in [0.2, 0.25) is 0 Å². The van der Waals surface area contributed by atoms with E-state index in [4.69, 9.17) is 0 Å². The van der Waals surface area contributed by atoms with E-state index >= 15 is 0 Å². The normalized spacial score (nSPS) is 22.0. The number of fused-ring (bicyclic) bond motifs is 1. The molecular weight excluding hydrogens is 236 g/mol. The van der Waals surface area contributed by atoms with Gasteiger partial charge in [-0.3, -0.25) is 9.59 Å². The molecule has 0 fully saturated rings. The molecular formula is C17H16O2. The Hall–Kier alpha value is -1.96. The zero-order valence-electron chi connectivity index (χ0n) is 10.8. The van der Waals surface area contributed by atoms with Crippen molar-refractivity contribution in [2.75, 3.05) is 0 Å². The third-order valence-electron chi connectivity index (χ3n) is 4.12. The summed E-state index contributed by atoms with van der Waals surface area (Å²) >= 11 is 0. The molecule has 1 unspecified atom stereocenters. The van der Waals surface area contributed by atoms with Crippen molar-refractivity contribution in [2.45, 2.75) is 25.7 Å². The van der Waals surface area contributed by atoms with Crippen molar-refractivity contribution in [3.8, 4) is 0 Å². The van der Waals surface area contributed by atoms with Crippen molar-refractivity contribution in [1.29, 1.82) is 0 Å². The molecule has 3 rings (SSSR count). The van der Waals surface area contributed by atoms with Gasteiger partial charge in [-0.2, -0.15) is 0 Å². The first-order chi connectivity index (χ1) is 9.22. The first-order valence-corrected chi connectivity index (χ1v) is 6.73. The van der Waals surface area contributed by atoms with Gasteiger partial charge in [0.1, 0.15) is 0 Å². The molecule has 1 atom stereocenters. The second-order valence-electron chi connectivity index (χ2n) is 5.29. The summed E-state index contributed by atoms with van der Waals surface area (Å²) in [6, 6.07) is 7.16. The maximum Gasteiger partial charge on any atom is 0.190 e. The van der Waals surface area contributed by atoms with Crippen molar-refractivity contribution < 1.29 is 9.59 Å². The summed E-state index contributed by atoms with van der Waals surface area (Å²) < 4.78 is 0. The van der Waals surface area contributed by atoms with E-state index in [1.807, 2.05) is 18.2 Å². The minimum atomic E-state index is 0.0546. The minimum absolute atomic E-state index is 0.0546. The molecule has 0 heterocycles. The highest BCUT2D eigenvalue weighted by Gasteiger charge is 2.35. The van der Waals surface area contributed by atoms with E-state index in [-0.39, 0.29) is 11.6 Å². The average molecular weight is 252 g/mol. The van der Waals surface area contributed by atoms with Crippen LogP contribution in [0, 0.1) is 5.92 Å². The van der Waals surface area contributed by atoms with Crippen LogP contribution in [-0.4, -0.2) is 11.6 Å². The van der Waals surface area contributed by atoms with Crippen LogP contribution >= 0.6 is 0 Å². The predicted octanol–water partition coefficient (Wildman–Crippen LogP) is 3.74. The molecule has 1 aromatic carbocycles. The molecule has 19 heavy (non-hydrogen) atoms. The maximum absolute atomic E-state index is 12.5. The van der Waals surface area contributed by atoms with Gasteiger partial charge in [-0.25, -0.2) is 0 Å².